The first-order chi connectivity index (χ1) is 5.40. The summed E-state index contributed by atoms with van der Waals surface area (Å²) in [5.74, 6) is -0.306. The molecule has 0 saturated heterocycles. The van der Waals surface area contributed by atoms with Crippen molar-refractivity contribution >= 4 is 17.7 Å². The topological polar surface area (TPSA) is 38.3 Å². The van der Waals surface area contributed by atoms with Crippen LogP contribution in [0, 0.1) is 0 Å². The molecule has 1 N–H and O–H groups in total. The van der Waals surface area contributed by atoms with Gasteiger partial charge in [-0.15, -0.1) is 0 Å². The van der Waals surface area contributed by atoms with Crippen LogP contribution in [0.15, 0.2) is 0 Å². The number of nitrogens with one attached hydrogen (secondary N) is 1. The number of carbonyl (C=O) groups excluding carboxylic acids is 1. The number of ether oxygens (including phenoxy) is 1. The summed E-state index contributed by atoms with van der Waals surface area (Å²) in [6.45, 7) is 7.34. The maximum Gasteiger partial charge on any atom is 0.324 e. The highest BCUT2D eigenvalue weighted by atomic mass is 35.5. The van der Waals surface area contributed by atoms with E-state index in [1.165, 1.54) is 0 Å². The summed E-state index contributed by atoms with van der Waals surface area (Å²) in [6.07, 6.45) is 0.623. The number of hydrogen-bond donors (Lipinski definition) is 1. The lowest BCUT2D eigenvalue weighted by Gasteiger charge is -2.22. The van der Waals surface area contributed by atoms with Crippen molar-refractivity contribution in [1.82, 2.24) is 4.84 Å². The van der Waals surface area contributed by atoms with Crippen LogP contribution in [0.25, 0.3) is 0 Å². The van der Waals surface area contributed by atoms with Gasteiger partial charge in [-0.1, -0.05) is 6.92 Å². The Morgan fingerprint density at radius 3 is 2.33 bits per heavy atom. The van der Waals surface area contributed by atoms with Crippen molar-refractivity contribution in [1.29, 1.82) is 0 Å². The van der Waals surface area contributed by atoms with Crippen molar-refractivity contribution in [3.63, 3.8) is 0 Å². The molecule has 1 atom stereocenters. The summed E-state index contributed by atoms with van der Waals surface area (Å²) < 4.78 is 5.10. The van der Waals surface area contributed by atoms with Crippen molar-refractivity contribution in [2.75, 3.05) is 0 Å². The molecule has 12 heavy (non-hydrogen) atoms. The molecule has 0 aromatic carbocycles. The molecule has 0 aromatic rings. The first kappa shape index (κ1) is 11.7. The quantitative estimate of drug-likeness (QED) is 0.549. The first-order valence-electron chi connectivity index (χ1n) is 3.99. The lowest BCUT2D eigenvalue weighted by molar-refractivity contribution is -0.156. The van der Waals surface area contributed by atoms with Gasteiger partial charge in [0.05, 0.1) is 0 Å². The molecule has 0 amide bonds. The monoisotopic (exact) mass is 193 g/mol. The molecule has 0 spiro atoms. The highest BCUT2D eigenvalue weighted by Gasteiger charge is 2.22. The van der Waals surface area contributed by atoms with Crippen LogP contribution in [0.4, 0.5) is 0 Å². The van der Waals surface area contributed by atoms with E-state index in [1.807, 2.05) is 27.7 Å². The number of hydrogen-bond acceptors (Lipinski definition) is 3. The van der Waals surface area contributed by atoms with Gasteiger partial charge in [-0.05, 0) is 39.0 Å². The van der Waals surface area contributed by atoms with E-state index >= 15 is 0 Å². The normalized spacial score (nSPS) is 14.1. The molecule has 0 fully saturated rings. The van der Waals surface area contributed by atoms with Crippen molar-refractivity contribution < 1.29 is 9.53 Å². The molecule has 0 heterocycles. The molecule has 0 aliphatic carbocycles. The molecule has 0 aromatic heterocycles. The summed E-state index contributed by atoms with van der Waals surface area (Å²) in [5, 5.41) is 0. The number of esters is 1. The van der Waals surface area contributed by atoms with E-state index in [4.69, 9.17) is 16.5 Å². The van der Waals surface area contributed by atoms with Crippen molar-refractivity contribution in [3.05, 3.63) is 0 Å². The predicted octanol–water partition coefficient (Wildman–Crippen LogP) is 1.85. The molecular weight excluding hydrogens is 178 g/mol. The van der Waals surface area contributed by atoms with Crippen LogP contribution in [0.5, 0.6) is 0 Å². The van der Waals surface area contributed by atoms with E-state index in [2.05, 4.69) is 4.84 Å². The fourth-order valence-electron chi connectivity index (χ4n) is 0.661. The highest BCUT2D eigenvalue weighted by Crippen LogP contribution is 2.09. The third kappa shape index (κ3) is 4.57. The van der Waals surface area contributed by atoms with Crippen LogP contribution in [-0.4, -0.2) is 17.6 Å². The van der Waals surface area contributed by atoms with Crippen LogP contribution in [0.1, 0.15) is 34.1 Å². The van der Waals surface area contributed by atoms with Gasteiger partial charge in [0.15, 0.2) is 0 Å². The summed E-state index contributed by atoms with van der Waals surface area (Å²) >= 11 is 5.34. The molecular formula is C8H16ClNO2. The Hall–Kier alpha value is -0.280. The molecule has 0 radical (unpaired) electrons. The summed E-state index contributed by atoms with van der Waals surface area (Å²) in [6, 6.07) is -0.411. The Balaban J connectivity index is 4.02. The molecule has 72 valence electrons. The predicted molar refractivity (Wildman–Crippen MR) is 48.9 cm³/mol. The summed E-state index contributed by atoms with van der Waals surface area (Å²) in [5.41, 5.74) is -0.446. The van der Waals surface area contributed by atoms with E-state index in [0.717, 1.165) is 0 Å². The van der Waals surface area contributed by atoms with E-state index in [1.54, 1.807) is 0 Å². The molecule has 4 heteroatoms. The second-order valence-electron chi connectivity index (χ2n) is 3.60. The molecule has 0 saturated carbocycles. The Morgan fingerprint density at radius 2 is 2.08 bits per heavy atom. The van der Waals surface area contributed by atoms with Crippen LogP contribution in [0.3, 0.4) is 0 Å². The second kappa shape index (κ2) is 4.67. The van der Waals surface area contributed by atoms with Gasteiger partial charge in [0.25, 0.3) is 0 Å². The highest BCUT2D eigenvalue weighted by molar-refractivity contribution is 6.14. The maximum absolute atomic E-state index is 11.3. The standard InChI is InChI=1S/C8H16ClNO2/c1-5-6(10-9)7(11)12-8(2,3)4/h6,10H,5H2,1-4H3/t6-/m0/s1. The first-order valence-corrected chi connectivity index (χ1v) is 4.37. The molecule has 0 rings (SSSR count). The van der Waals surface area contributed by atoms with Crippen LogP contribution >= 0.6 is 11.8 Å². The number of carbonyl (C=O) groups is 1. The summed E-state index contributed by atoms with van der Waals surface area (Å²) in [4.78, 5) is 13.6. The summed E-state index contributed by atoms with van der Waals surface area (Å²) in [7, 11) is 0. The van der Waals surface area contributed by atoms with Gasteiger partial charge in [-0.3, -0.25) is 4.79 Å². The minimum absolute atomic E-state index is 0.306. The van der Waals surface area contributed by atoms with Crippen LogP contribution in [0.2, 0.25) is 0 Å². The van der Waals surface area contributed by atoms with E-state index in [0.29, 0.717) is 6.42 Å². The van der Waals surface area contributed by atoms with Crippen molar-refractivity contribution in [2.24, 2.45) is 0 Å². The molecule has 3 nitrogen and oxygen atoms in total. The third-order valence-corrected chi connectivity index (χ3v) is 1.49. The lowest BCUT2D eigenvalue weighted by atomic mass is 10.2. The van der Waals surface area contributed by atoms with Crippen molar-refractivity contribution in [3.8, 4) is 0 Å². The van der Waals surface area contributed by atoms with Crippen molar-refractivity contribution in [2.45, 2.75) is 45.8 Å². The maximum atomic E-state index is 11.3. The smallest absolute Gasteiger partial charge is 0.324 e. The Morgan fingerprint density at radius 1 is 1.58 bits per heavy atom. The van der Waals surface area contributed by atoms with Gasteiger partial charge in [0, 0.05) is 0 Å². The van der Waals surface area contributed by atoms with Crippen LogP contribution in [-0.2, 0) is 9.53 Å². The van der Waals surface area contributed by atoms with Gasteiger partial charge in [0.2, 0.25) is 0 Å². The van der Waals surface area contributed by atoms with Gasteiger partial charge >= 0.3 is 5.97 Å². The average molecular weight is 194 g/mol. The Bertz CT molecular complexity index is 150. The fourth-order valence-corrected chi connectivity index (χ4v) is 0.905. The zero-order chi connectivity index (χ0) is 9.78. The zero-order valence-electron chi connectivity index (χ0n) is 7.98. The zero-order valence-corrected chi connectivity index (χ0v) is 8.73. The largest absolute Gasteiger partial charge is 0.459 e. The SMILES string of the molecule is CC[C@H](NCl)C(=O)OC(C)(C)C. The van der Waals surface area contributed by atoms with E-state index < -0.39 is 11.6 Å². The lowest BCUT2D eigenvalue weighted by Crippen LogP contribution is -2.36. The fraction of sp³-hybridized carbons (Fsp3) is 0.875. The van der Waals surface area contributed by atoms with Gasteiger partial charge in [0.1, 0.15) is 11.6 Å². The molecule has 0 aliphatic rings. The number of rotatable bonds is 3. The van der Waals surface area contributed by atoms with Gasteiger partial charge in [-0.2, -0.15) is 0 Å². The van der Waals surface area contributed by atoms with E-state index in [-0.39, 0.29) is 5.97 Å². The molecule has 0 aliphatic heterocycles. The third-order valence-electron chi connectivity index (χ3n) is 1.23. The molecule has 0 bridgehead atoms. The number of halogens is 1. The minimum atomic E-state index is -0.446. The Labute approximate surface area is 78.5 Å². The average Bonchev–Trinajstić information content (AvgIpc) is 1.85. The Kier molecular flexibility index (Phi) is 4.57. The van der Waals surface area contributed by atoms with Gasteiger partial charge < -0.3 is 4.74 Å². The second-order valence-corrected chi connectivity index (χ2v) is 3.82. The van der Waals surface area contributed by atoms with Crippen LogP contribution < -0.4 is 4.84 Å². The minimum Gasteiger partial charge on any atom is -0.459 e. The molecule has 0 unspecified atom stereocenters. The van der Waals surface area contributed by atoms with E-state index in [9.17, 15) is 4.79 Å². The van der Waals surface area contributed by atoms with Gasteiger partial charge in [-0.25, -0.2) is 4.84 Å².